The maximum atomic E-state index is 7.01. The largest absolute Gasteiger partial charge is 0.497 e. The number of nitrogens with zero attached hydrogens (tertiary/aromatic N) is 4. The Balaban J connectivity index is 1.35. The Labute approximate surface area is 227 Å². The van der Waals surface area contributed by atoms with Gasteiger partial charge < -0.3 is 18.9 Å². The lowest BCUT2D eigenvalue weighted by atomic mass is 9.80. The second kappa shape index (κ2) is 10.8. The predicted octanol–water partition coefficient (Wildman–Crippen LogP) is 5.53. The van der Waals surface area contributed by atoms with Crippen LogP contribution in [0.1, 0.15) is 35.8 Å². The van der Waals surface area contributed by atoms with Crippen molar-refractivity contribution in [2.45, 2.75) is 30.8 Å². The van der Waals surface area contributed by atoms with Crippen molar-refractivity contribution < 1.29 is 18.9 Å². The second-order valence-electron chi connectivity index (χ2n) is 9.49. The zero-order chi connectivity index (χ0) is 26.7. The maximum absolute atomic E-state index is 7.01. The van der Waals surface area contributed by atoms with E-state index in [2.05, 4.69) is 51.4 Å². The molecule has 0 amide bonds. The highest BCUT2D eigenvalue weighted by Gasteiger charge is 2.39. The van der Waals surface area contributed by atoms with Gasteiger partial charge in [0.25, 0.3) is 0 Å². The van der Waals surface area contributed by atoms with E-state index >= 15 is 0 Å². The minimum absolute atomic E-state index is 0.103. The van der Waals surface area contributed by atoms with Gasteiger partial charge in [-0.25, -0.2) is 15.0 Å². The molecule has 0 aliphatic carbocycles. The zero-order valence-corrected chi connectivity index (χ0v) is 21.9. The van der Waals surface area contributed by atoms with Crippen LogP contribution >= 0.6 is 0 Å². The highest BCUT2D eigenvalue weighted by atomic mass is 16.6. The van der Waals surface area contributed by atoms with Crippen LogP contribution in [0.4, 0.5) is 0 Å². The summed E-state index contributed by atoms with van der Waals surface area (Å²) in [4.78, 5) is 12.9. The highest BCUT2D eigenvalue weighted by Crippen LogP contribution is 2.42. The predicted molar refractivity (Wildman–Crippen MR) is 147 cm³/mol. The summed E-state index contributed by atoms with van der Waals surface area (Å²) in [6.45, 7) is 0.394. The third kappa shape index (κ3) is 4.73. The highest BCUT2D eigenvalue weighted by molar-refractivity contribution is 5.68. The lowest BCUT2D eigenvalue weighted by Crippen LogP contribution is -2.35. The molecule has 3 heterocycles. The van der Waals surface area contributed by atoms with Crippen molar-refractivity contribution in [2.24, 2.45) is 0 Å². The van der Waals surface area contributed by atoms with E-state index in [1.165, 1.54) is 6.33 Å². The summed E-state index contributed by atoms with van der Waals surface area (Å²) in [6, 6.07) is 26.4. The first-order valence-electron chi connectivity index (χ1n) is 13.0. The van der Waals surface area contributed by atoms with Crippen molar-refractivity contribution in [3.63, 3.8) is 0 Å². The molecule has 3 aromatic carbocycles. The van der Waals surface area contributed by atoms with Crippen LogP contribution in [0.2, 0.25) is 0 Å². The van der Waals surface area contributed by atoms with Gasteiger partial charge in [-0.1, -0.05) is 54.6 Å². The summed E-state index contributed by atoms with van der Waals surface area (Å²) in [5.41, 5.74) is 3.65. The molecule has 5 aromatic rings. The van der Waals surface area contributed by atoms with Gasteiger partial charge in [0.1, 0.15) is 35.2 Å². The van der Waals surface area contributed by atoms with Gasteiger partial charge in [0.05, 0.1) is 39.5 Å². The summed E-state index contributed by atoms with van der Waals surface area (Å²) in [6.07, 6.45) is 6.45. The first-order chi connectivity index (χ1) is 19.2. The minimum atomic E-state index is -0.879. The molecule has 1 fully saturated rings. The van der Waals surface area contributed by atoms with E-state index in [4.69, 9.17) is 18.9 Å². The second-order valence-corrected chi connectivity index (χ2v) is 9.49. The molecule has 0 bridgehead atoms. The van der Waals surface area contributed by atoms with E-state index in [1.54, 1.807) is 26.7 Å². The van der Waals surface area contributed by atoms with Crippen LogP contribution in [0, 0.1) is 0 Å². The first kappa shape index (κ1) is 25.0. The quantitative estimate of drug-likeness (QED) is 0.236. The number of fused-ring (bicyclic) bond motifs is 1. The smallest absolute Gasteiger partial charge is 0.165 e. The van der Waals surface area contributed by atoms with Crippen LogP contribution in [0.15, 0.2) is 97.7 Å². The van der Waals surface area contributed by atoms with Gasteiger partial charge in [-0.05, 0) is 53.8 Å². The molecule has 1 aliphatic heterocycles. The fourth-order valence-corrected chi connectivity index (χ4v) is 5.30. The fourth-order valence-electron chi connectivity index (χ4n) is 5.30. The average molecular weight is 523 g/mol. The van der Waals surface area contributed by atoms with E-state index < -0.39 is 5.60 Å². The molecule has 0 radical (unpaired) electrons. The van der Waals surface area contributed by atoms with Gasteiger partial charge in [-0.2, -0.15) is 0 Å². The number of aromatic nitrogens is 4. The topological polar surface area (TPSA) is 80.5 Å². The Hall–Kier alpha value is -4.27. The Morgan fingerprint density at radius 2 is 1.46 bits per heavy atom. The van der Waals surface area contributed by atoms with Gasteiger partial charge in [0, 0.05) is 0 Å². The molecule has 1 aliphatic rings. The number of rotatable bonds is 9. The van der Waals surface area contributed by atoms with E-state index in [9.17, 15) is 0 Å². The van der Waals surface area contributed by atoms with Crippen molar-refractivity contribution in [1.29, 1.82) is 0 Å². The average Bonchev–Trinajstić information content (AvgIpc) is 3.66. The van der Waals surface area contributed by atoms with E-state index in [-0.39, 0.29) is 12.3 Å². The van der Waals surface area contributed by atoms with Crippen LogP contribution in [-0.4, -0.2) is 46.4 Å². The Bertz CT molecular complexity index is 1470. The van der Waals surface area contributed by atoms with Gasteiger partial charge >= 0.3 is 0 Å². The molecule has 8 heteroatoms. The third-order valence-corrected chi connectivity index (χ3v) is 7.29. The van der Waals surface area contributed by atoms with E-state index in [0.29, 0.717) is 6.61 Å². The van der Waals surface area contributed by atoms with Crippen molar-refractivity contribution in [3.8, 4) is 11.5 Å². The molecule has 8 nitrogen and oxygen atoms in total. The van der Waals surface area contributed by atoms with Crippen molar-refractivity contribution in [1.82, 2.24) is 19.5 Å². The lowest BCUT2D eigenvalue weighted by molar-refractivity contribution is -0.0756. The van der Waals surface area contributed by atoms with Crippen molar-refractivity contribution in [2.75, 3.05) is 20.8 Å². The van der Waals surface area contributed by atoms with Gasteiger partial charge in [-0.3, -0.25) is 4.57 Å². The third-order valence-electron chi connectivity index (χ3n) is 7.29. The molecule has 0 saturated carbocycles. The molecule has 0 N–H and O–H groups in total. The van der Waals surface area contributed by atoms with Crippen molar-refractivity contribution >= 4 is 11.2 Å². The number of ether oxygens (including phenoxy) is 4. The van der Waals surface area contributed by atoms with E-state index in [0.717, 1.165) is 52.2 Å². The summed E-state index contributed by atoms with van der Waals surface area (Å²) in [5.74, 6) is 1.57. The van der Waals surface area contributed by atoms with Gasteiger partial charge in [-0.15, -0.1) is 0 Å². The Kier molecular flexibility index (Phi) is 6.96. The molecule has 2 aromatic heterocycles. The SMILES string of the molecule is COc1ccc(C(OCC2CCC(n3cnc4cncnc43)O2)(c2ccccc2)c2ccc(OC)cc2)cc1. The summed E-state index contributed by atoms with van der Waals surface area (Å²) >= 11 is 0. The Morgan fingerprint density at radius 1 is 0.821 bits per heavy atom. The summed E-state index contributed by atoms with van der Waals surface area (Å²) < 4.78 is 26.4. The normalized spacial score (nSPS) is 17.4. The molecule has 6 rings (SSSR count). The standard InChI is InChI=1S/C31H30N4O4/c1-36-25-12-8-23(9-13-25)31(22-6-4-3-5-7-22,24-10-14-26(37-2)15-11-24)38-19-27-16-17-29(39-27)35-21-34-28-18-32-20-33-30(28)35/h3-15,18,20-21,27,29H,16-17,19H2,1-2H3. The molecule has 1 saturated heterocycles. The number of hydrogen-bond acceptors (Lipinski definition) is 7. The zero-order valence-electron chi connectivity index (χ0n) is 21.9. The summed E-state index contributed by atoms with van der Waals surface area (Å²) in [7, 11) is 3.34. The summed E-state index contributed by atoms with van der Waals surface area (Å²) in [5, 5.41) is 0. The number of imidazole rings is 1. The van der Waals surface area contributed by atoms with Gasteiger partial charge in [0.15, 0.2) is 5.65 Å². The number of methoxy groups -OCH3 is 2. The van der Waals surface area contributed by atoms with Crippen LogP contribution in [-0.2, 0) is 15.1 Å². The van der Waals surface area contributed by atoms with E-state index in [1.807, 2.05) is 47.0 Å². The molecule has 39 heavy (non-hydrogen) atoms. The fraction of sp³-hybridized carbons (Fsp3) is 0.258. The van der Waals surface area contributed by atoms with Crippen molar-refractivity contribution in [3.05, 3.63) is 114 Å². The number of hydrogen-bond donors (Lipinski definition) is 0. The monoisotopic (exact) mass is 522 g/mol. The number of benzene rings is 3. The maximum Gasteiger partial charge on any atom is 0.165 e. The Morgan fingerprint density at radius 3 is 2.10 bits per heavy atom. The van der Waals surface area contributed by atoms with Crippen LogP contribution in [0.5, 0.6) is 11.5 Å². The lowest BCUT2D eigenvalue weighted by Gasteiger charge is -2.37. The van der Waals surface area contributed by atoms with Crippen LogP contribution < -0.4 is 9.47 Å². The minimum Gasteiger partial charge on any atom is -0.497 e. The molecule has 2 unspecified atom stereocenters. The van der Waals surface area contributed by atoms with Gasteiger partial charge in [0.2, 0.25) is 0 Å². The molecule has 2 atom stereocenters. The molecular weight excluding hydrogens is 492 g/mol. The van der Waals surface area contributed by atoms with Crippen LogP contribution in [0.25, 0.3) is 11.2 Å². The molecule has 0 spiro atoms. The molecule has 198 valence electrons. The van der Waals surface area contributed by atoms with Crippen LogP contribution in [0.3, 0.4) is 0 Å². The first-order valence-corrected chi connectivity index (χ1v) is 13.0. The molecular formula is C31H30N4O4.